The lowest BCUT2D eigenvalue weighted by atomic mass is 9.81. The fourth-order valence-corrected chi connectivity index (χ4v) is 4.51. The van der Waals surface area contributed by atoms with E-state index in [1.807, 2.05) is 6.92 Å². The summed E-state index contributed by atoms with van der Waals surface area (Å²) in [6.45, 7) is 1.94. The number of nitrogens with zero attached hydrogens (tertiary/aromatic N) is 2. The third-order valence-electron chi connectivity index (χ3n) is 4.84. The summed E-state index contributed by atoms with van der Waals surface area (Å²) < 4.78 is 22.4. The summed E-state index contributed by atoms with van der Waals surface area (Å²) >= 11 is 0. The van der Waals surface area contributed by atoms with Crippen LogP contribution in [0.15, 0.2) is 0 Å². The Balaban J connectivity index is 1.75. The minimum absolute atomic E-state index is 0.288. The maximum atomic E-state index is 11.2. The van der Waals surface area contributed by atoms with Crippen LogP contribution in [0.2, 0.25) is 0 Å². The fraction of sp³-hybridized carbons (Fsp3) is 0.647. The maximum Gasteiger partial charge on any atom is 0.151 e. The van der Waals surface area contributed by atoms with Gasteiger partial charge in [0.15, 0.2) is 5.82 Å². The first kappa shape index (κ1) is 17.2. The molecular formula is C17H26N4O2S. The van der Waals surface area contributed by atoms with Gasteiger partial charge in [-0.15, -0.1) is 0 Å². The second-order valence-corrected chi connectivity index (χ2v) is 9.23. The highest BCUT2D eigenvalue weighted by Gasteiger charge is 2.26. The number of anilines is 1. The van der Waals surface area contributed by atoms with Gasteiger partial charge >= 0.3 is 0 Å². The average Bonchev–Trinajstić information content (AvgIpc) is 2.88. The number of fused-ring (bicyclic) bond motifs is 3. The second kappa shape index (κ2) is 6.70. The molecule has 0 fully saturated rings. The number of aromatic amines is 1. The summed E-state index contributed by atoms with van der Waals surface area (Å²) in [7, 11) is -2.85. The first-order valence-electron chi connectivity index (χ1n) is 8.67. The highest BCUT2D eigenvalue weighted by Crippen LogP contribution is 2.39. The van der Waals surface area contributed by atoms with E-state index in [0.29, 0.717) is 11.7 Å². The van der Waals surface area contributed by atoms with Crippen LogP contribution < -0.4 is 5.73 Å². The van der Waals surface area contributed by atoms with Crippen LogP contribution in [-0.4, -0.2) is 35.4 Å². The first-order valence-corrected chi connectivity index (χ1v) is 10.7. The average molecular weight is 350 g/mol. The number of pyridine rings is 1. The highest BCUT2D eigenvalue weighted by molar-refractivity contribution is 7.90. The molecule has 3 N–H and O–H groups in total. The number of sulfone groups is 1. The van der Waals surface area contributed by atoms with Gasteiger partial charge in [0.05, 0.1) is 5.52 Å². The molecule has 7 heteroatoms. The molecular weight excluding hydrogens is 324 g/mol. The summed E-state index contributed by atoms with van der Waals surface area (Å²) in [5.74, 6) is 2.13. The number of hydrogen-bond acceptors (Lipinski definition) is 5. The number of nitrogens with one attached hydrogen (secondary N) is 1. The van der Waals surface area contributed by atoms with Crippen molar-refractivity contribution >= 4 is 26.7 Å². The van der Waals surface area contributed by atoms with Crippen molar-refractivity contribution in [3.8, 4) is 0 Å². The lowest BCUT2D eigenvalue weighted by molar-refractivity contribution is 0.491. The molecule has 0 aliphatic heterocycles. The number of nitrogen functional groups attached to an aromatic ring is 1. The zero-order chi connectivity index (χ0) is 17.3. The third kappa shape index (κ3) is 3.71. The summed E-state index contributed by atoms with van der Waals surface area (Å²) in [5.41, 5.74) is 10.3. The van der Waals surface area contributed by atoms with Gasteiger partial charge in [0.1, 0.15) is 21.2 Å². The number of nitrogens with two attached hydrogens (primary N) is 1. The van der Waals surface area contributed by atoms with Gasteiger partial charge in [-0.2, -0.15) is 0 Å². The first-order chi connectivity index (χ1) is 11.3. The van der Waals surface area contributed by atoms with Crippen LogP contribution in [0.3, 0.4) is 0 Å². The molecule has 0 saturated carbocycles. The molecule has 0 radical (unpaired) electrons. The minimum atomic E-state index is -2.85. The molecule has 2 aromatic rings. The number of hydrogen-bond donors (Lipinski definition) is 2. The molecule has 132 valence electrons. The highest BCUT2D eigenvalue weighted by atomic mass is 32.2. The molecule has 0 amide bonds. The number of H-pyrrole nitrogens is 1. The molecule has 1 aliphatic rings. The Morgan fingerprint density at radius 3 is 2.79 bits per heavy atom. The van der Waals surface area contributed by atoms with Crippen LogP contribution in [-0.2, 0) is 16.3 Å². The van der Waals surface area contributed by atoms with Crippen molar-refractivity contribution in [3.63, 3.8) is 0 Å². The third-order valence-corrected chi connectivity index (χ3v) is 5.87. The van der Waals surface area contributed by atoms with Gasteiger partial charge in [0, 0.05) is 23.3 Å². The summed E-state index contributed by atoms with van der Waals surface area (Å²) in [6.07, 6.45) is 8.36. The van der Waals surface area contributed by atoms with Crippen molar-refractivity contribution in [1.29, 1.82) is 0 Å². The maximum absolute atomic E-state index is 11.2. The van der Waals surface area contributed by atoms with Gasteiger partial charge in [-0.1, -0.05) is 12.8 Å². The molecule has 6 nitrogen and oxygen atoms in total. The Morgan fingerprint density at radius 1 is 1.25 bits per heavy atom. The lowest BCUT2D eigenvalue weighted by Crippen LogP contribution is -2.14. The summed E-state index contributed by atoms with van der Waals surface area (Å²) in [5, 5.41) is 0. The van der Waals surface area contributed by atoms with Crippen LogP contribution in [0, 0.1) is 6.92 Å². The largest absolute Gasteiger partial charge is 0.382 e. The molecule has 0 bridgehead atoms. The summed E-state index contributed by atoms with van der Waals surface area (Å²) in [6, 6.07) is 0. The van der Waals surface area contributed by atoms with E-state index in [1.54, 1.807) is 0 Å². The zero-order valence-corrected chi connectivity index (χ0v) is 15.2. The molecule has 1 unspecified atom stereocenters. The van der Waals surface area contributed by atoms with Crippen LogP contribution >= 0.6 is 0 Å². The van der Waals surface area contributed by atoms with E-state index in [4.69, 9.17) is 5.73 Å². The molecule has 0 spiro atoms. The SMILES string of the molecule is Cc1nc2c(N)nc3c(c2[nH]1)C(CCCCCS(C)(=O)=O)CCC3. The minimum Gasteiger partial charge on any atom is -0.382 e. The van der Waals surface area contributed by atoms with Gasteiger partial charge in [-0.3, -0.25) is 0 Å². The number of aryl methyl sites for hydroxylation is 2. The summed E-state index contributed by atoms with van der Waals surface area (Å²) in [4.78, 5) is 12.4. The normalized spacial score (nSPS) is 18.0. The van der Waals surface area contributed by atoms with E-state index >= 15 is 0 Å². The smallest absolute Gasteiger partial charge is 0.151 e. The number of rotatable bonds is 6. The lowest BCUT2D eigenvalue weighted by Gasteiger charge is -2.25. The number of imidazole rings is 1. The topological polar surface area (TPSA) is 102 Å². The van der Waals surface area contributed by atoms with E-state index in [9.17, 15) is 8.42 Å². The van der Waals surface area contributed by atoms with Gasteiger partial charge in [-0.25, -0.2) is 18.4 Å². The fourth-order valence-electron chi connectivity index (χ4n) is 3.79. The van der Waals surface area contributed by atoms with Crippen LogP contribution in [0.5, 0.6) is 0 Å². The second-order valence-electron chi connectivity index (χ2n) is 6.97. The van der Waals surface area contributed by atoms with E-state index < -0.39 is 9.84 Å². The standard InChI is InChI=1S/C17H26N4O2S/c1-11-19-15-14-12(7-4-3-5-10-24(2,22)23)8-6-9-13(14)21-17(18)16(15)20-11/h12H,3-10H2,1-2H3,(H2,18,21)(H,19,20). The Morgan fingerprint density at radius 2 is 2.04 bits per heavy atom. The molecule has 2 aromatic heterocycles. The van der Waals surface area contributed by atoms with Gasteiger partial charge < -0.3 is 10.7 Å². The van der Waals surface area contributed by atoms with E-state index in [2.05, 4.69) is 15.0 Å². The van der Waals surface area contributed by atoms with Crippen molar-refractivity contribution in [2.75, 3.05) is 17.7 Å². The quantitative estimate of drug-likeness (QED) is 0.780. The molecule has 0 saturated heterocycles. The van der Waals surface area contributed by atoms with Crippen molar-refractivity contribution in [1.82, 2.24) is 15.0 Å². The monoisotopic (exact) mass is 350 g/mol. The molecule has 2 heterocycles. The van der Waals surface area contributed by atoms with E-state index in [-0.39, 0.29) is 5.75 Å². The van der Waals surface area contributed by atoms with Gasteiger partial charge in [0.25, 0.3) is 0 Å². The predicted molar refractivity (Wildman–Crippen MR) is 96.9 cm³/mol. The Bertz CT molecular complexity index is 842. The van der Waals surface area contributed by atoms with Crippen molar-refractivity contribution < 1.29 is 8.42 Å². The molecule has 1 atom stereocenters. The van der Waals surface area contributed by atoms with E-state index in [0.717, 1.165) is 67.5 Å². The Labute approximate surface area is 143 Å². The molecule has 1 aliphatic carbocycles. The van der Waals surface area contributed by atoms with Crippen LogP contribution in [0.25, 0.3) is 11.0 Å². The van der Waals surface area contributed by atoms with Crippen molar-refractivity contribution in [2.24, 2.45) is 0 Å². The van der Waals surface area contributed by atoms with Crippen LogP contribution in [0.4, 0.5) is 5.82 Å². The molecule has 24 heavy (non-hydrogen) atoms. The Hall–Kier alpha value is -1.63. The molecule has 3 rings (SSSR count). The van der Waals surface area contributed by atoms with Crippen molar-refractivity contribution in [3.05, 3.63) is 17.1 Å². The Kier molecular flexibility index (Phi) is 4.80. The number of aromatic nitrogens is 3. The van der Waals surface area contributed by atoms with E-state index in [1.165, 1.54) is 11.8 Å². The predicted octanol–water partition coefficient (Wildman–Crippen LogP) is 2.87. The molecule has 0 aromatic carbocycles. The van der Waals surface area contributed by atoms with Crippen molar-refractivity contribution in [2.45, 2.75) is 57.8 Å². The van der Waals surface area contributed by atoms with Gasteiger partial charge in [-0.05, 0) is 44.9 Å². The zero-order valence-electron chi connectivity index (χ0n) is 14.4. The van der Waals surface area contributed by atoms with Gasteiger partial charge in [0.2, 0.25) is 0 Å². The van der Waals surface area contributed by atoms with Crippen LogP contribution in [0.1, 0.15) is 61.5 Å². The number of unbranched alkanes of at least 4 members (excludes halogenated alkanes) is 2.